The van der Waals surface area contributed by atoms with Gasteiger partial charge in [-0.3, -0.25) is 14.3 Å². The van der Waals surface area contributed by atoms with Crippen molar-refractivity contribution >= 4 is 31.6 Å². The molecule has 2 heterocycles. The number of nitrogens with zero attached hydrogens (tertiary/aromatic N) is 2. The summed E-state index contributed by atoms with van der Waals surface area (Å²) in [4.78, 5) is 14.7. The number of nitrogens with one attached hydrogen (secondary N) is 1. The molecule has 0 aliphatic carbocycles. The lowest BCUT2D eigenvalue weighted by Crippen LogP contribution is -2.36. The van der Waals surface area contributed by atoms with Gasteiger partial charge in [0.25, 0.3) is 0 Å². The summed E-state index contributed by atoms with van der Waals surface area (Å²) in [7, 11) is -3.71. The highest BCUT2D eigenvalue weighted by molar-refractivity contribution is 7.89. The van der Waals surface area contributed by atoms with Gasteiger partial charge in [0.2, 0.25) is 10.0 Å². The van der Waals surface area contributed by atoms with Crippen molar-refractivity contribution < 1.29 is 13.2 Å². The molecule has 2 aromatic carbocycles. The molecule has 1 fully saturated rings. The monoisotopic (exact) mass is 461 g/mol. The number of hydrogen-bond acceptors (Lipinski definition) is 6. The number of benzene rings is 2. The van der Waals surface area contributed by atoms with Crippen molar-refractivity contribution in [3.8, 4) is 0 Å². The summed E-state index contributed by atoms with van der Waals surface area (Å²) < 4.78 is 36.4. The van der Waals surface area contributed by atoms with Crippen LogP contribution in [-0.2, 0) is 27.8 Å². The van der Waals surface area contributed by atoms with Crippen LogP contribution in [0.1, 0.15) is 31.0 Å². The van der Waals surface area contributed by atoms with Gasteiger partial charge in [0, 0.05) is 32.2 Å². The molecule has 0 bridgehead atoms. The third kappa shape index (κ3) is 4.91. The summed E-state index contributed by atoms with van der Waals surface area (Å²) in [5.41, 5.74) is 2.82. The van der Waals surface area contributed by atoms with Crippen LogP contribution >= 0.6 is 11.3 Å². The molecule has 7 nitrogen and oxygen atoms in total. The lowest BCUT2D eigenvalue weighted by Gasteiger charge is -2.27. The van der Waals surface area contributed by atoms with Crippen LogP contribution in [0.3, 0.4) is 0 Å². The zero-order valence-electron chi connectivity index (χ0n) is 17.7. The van der Waals surface area contributed by atoms with Gasteiger partial charge in [-0.15, -0.1) is 0 Å². The van der Waals surface area contributed by atoms with E-state index < -0.39 is 10.0 Å². The highest BCUT2D eigenvalue weighted by Crippen LogP contribution is 2.24. The normalized spacial score (nSPS) is 15.7. The fourth-order valence-corrected chi connectivity index (χ4v) is 5.97. The lowest BCUT2D eigenvalue weighted by molar-refractivity contribution is 0.0341. The van der Waals surface area contributed by atoms with E-state index in [0.717, 1.165) is 60.8 Å². The zero-order chi connectivity index (χ0) is 22.0. The van der Waals surface area contributed by atoms with Crippen LogP contribution in [0, 0.1) is 0 Å². The third-order valence-corrected chi connectivity index (χ3v) is 7.80. The predicted octanol–water partition coefficient (Wildman–Crippen LogP) is 2.95. The fraction of sp³-hybridized carbons (Fsp3) is 0.409. The van der Waals surface area contributed by atoms with E-state index in [1.165, 1.54) is 0 Å². The van der Waals surface area contributed by atoms with Gasteiger partial charge in [-0.25, -0.2) is 13.1 Å². The minimum absolute atomic E-state index is 0.0183. The number of thiazole rings is 1. The Balaban J connectivity index is 1.53. The molecule has 4 rings (SSSR count). The van der Waals surface area contributed by atoms with Crippen molar-refractivity contribution in [3.05, 3.63) is 63.3 Å². The topological polar surface area (TPSA) is 80.6 Å². The first kappa shape index (κ1) is 22.2. The molecule has 1 aliphatic rings. The van der Waals surface area contributed by atoms with Gasteiger partial charge in [-0.05, 0) is 43.2 Å². The number of aromatic nitrogens is 1. The van der Waals surface area contributed by atoms with Crippen LogP contribution in [-0.4, -0.2) is 44.2 Å². The average molecular weight is 462 g/mol. The second kappa shape index (κ2) is 9.22. The Hall–Kier alpha value is -2.04. The largest absolute Gasteiger partial charge is 0.379 e. The van der Waals surface area contributed by atoms with Crippen molar-refractivity contribution in [1.82, 2.24) is 14.2 Å². The van der Waals surface area contributed by atoms with Crippen molar-refractivity contribution in [1.29, 1.82) is 0 Å². The molecule has 1 aliphatic heterocycles. The van der Waals surface area contributed by atoms with Gasteiger partial charge in [0.1, 0.15) is 0 Å². The van der Waals surface area contributed by atoms with Gasteiger partial charge in [0.05, 0.1) is 28.3 Å². The predicted molar refractivity (Wildman–Crippen MR) is 123 cm³/mol. The van der Waals surface area contributed by atoms with Crippen LogP contribution in [0.2, 0.25) is 0 Å². The SMILES string of the molecule is CC(C)n1c(=O)sc2cc(S(=O)(=O)NCc3ccccc3CN3CCOCC3)ccc21. The number of ether oxygens (including phenoxy) is 1. The van der Waals surface area contributed by atoms with Gasteiger partial charge < -0.3 is 4.74 Å². The van der Waals surface area contributed by atoms with Crippen LogP contribution in [0.15, 0.2) is 52.2 Å². The van der Waals surface area contributed by atoms with E-state index in [1.807, 2.05) is 38.1 Å². The van der Waals surface area contributed by atoms with E-state index in [-0.39, 0.29) is 22.4 Å². The number of morpholine rings is 1. The van der Waals surface area contributed by atoms with Crippen molar-refractivity contribution in [2.75, 3.05) is 26.3 Å². The van der Waals surface area contributed by atoms with Gasteiger partial charge in [0.15, 0.2) is 0 Å². The van der Waals surface area contributed by atoms with Crippen LogP contribution in [0.5, 0.6) is 0 Å². The van der Waals surface area contributed by atoms with E-state index >= 15 is 0 Å². The Labute approximate surface area is 186 Å². The highest BCUT2D eigenvalue weighted by atomic mass is 32.2. The van der Waals surface area contributed by atoms with E-state index in [0.29, 0.717) is 4.70 Å². The number of hydrogen-bond donors (Lipinski definition) is 1. The second-order valence-electron chi connectivity index (χ2n) is 7.94. The van der Waals surface area contributed by atoms with Gasteiger partial charge in [-0.1, -0.05) is 35.6 Å². The lowest BCUT2D eigenvalue weighted by atomic mass is 10.1. The summed E-state index contributed by atoms with van der Waals surface area (Å²) in [5, 5.41) is 0. The maximum absolute atomic E-state index is 13.0. The molecule has 9 heteroatoms. The Morgan fingerprint density at radius 3 is 2.52 bits per heavy atom. The molecule has 0 saturated carbocycles. The van der Waals surface area contributed by atoms with Crippen molar-refractivity contribution in [2.24, 2.45) is 0 Å². The molecular formula is C22H27N3O4S2. The Morgan fingerprint density at radius 2 is 1.81 bits per heavy atom. The maximum atomic E-state index is 13.0. The Kier molecular flexibility index (Phi) is 6.59. The first-order valence-corrected chi connectivity index (χ1v) is 12.7. The summed E-state index contributed by atoms with van der Waals surface area (Å²) in [6, 6.07) is 12.8. The second-order valence-corrected chi connectivity index (χ2v) is 10.7. The molecular weight excluding hydrogens is 434 g/mol. The Bertz CT molecular complexity index is 1230. The summed E-state index contributed by atoms with van der Waals surface area (Å²) in [6.45, 7) is 8.05. The number of rotatable bonds is 7. The average Bonchev–Trinajstić information content (AvgIpc) is 3.09. The van der Waals surface area contributed by atoms with Crippen molar-refractivity contribution in [3.63, 3.8) is 0 Å². The molecule has 0 unspecified atom stereocenters. The smallest absolute Gasteiger partial charge is 0.308 e. The third-order valence-electron chi connectivity index (χ3n) is 5.48. The quantitative estimate of drug-likeness (QED) is 0.585. The molecule has 3 aromatic rings. The molecule has 0 radical (unpaired) electrons. The molecule has 0 spiro atoms. The van der Waals surface area contributed by atoms with Crippen LogP contribution in [0.4, 0.5) is 0 Å². The van der Waals surface area contributed by atoms with E-state index in [1.54, 1.807) is 22.8 Å². The van der Waals surface area contributed by atoms with Crippen molar-refractivity contribution in [2.45, 2.75) is 37.9 Å². The standard InChI is InChI=1S/C22H27N3O4S2/c1-16(2)25-20-8-7-19(13-21(20)30-22(25)26)31(27,28)23-14-17-5-3-4-6-18(17)15-24-9-11-29-12-10-24/h3-8,13,16,23H,9-12,14-15H2,1-2H3. The van der Waals surface area contributed by atoms with Gasteiger partial charge in [-0.2, -0.15) is 0 Å². The molecule has 0 amide bonds. The Morgan fingerprint density at radius 1 is 1.10 bits per heavy atom. The first-order chi connectivity index (χ1) is 14.8. The molecule has 0 atom stereocenters. The highest BCUT2D eigenvalue weighted by Gasteiger charge is 2.19. The van der Waals surface area contributed by atoms with Gasteiger partial charge >= 0.3 is 4.87 Å². The first-order valence-electron chi connectivity index (χ1n) is 10.4. The van der Waals surface area contributed by atoms with E-state index in [4.69, 9.17) is 4.74 Å². The summed E-state index contributed by atoms with van der Waals surface area (Å²) >= 11 is 1.07. The summed E-state index contributed by atoms with van der Waals surface area (Å²) in [6.07, 6.45) is 0. The molecule has 1 N–H and O–H groups in total. The minimum atomic E-state index is -3.71. The molecule has 1 saturated heterocycles. The fourth-order valence-electron chi connectivity index (χ4n) is 3.81. The summed E-state index contributed by atoms with van der Waals surface area (Å²) in [5.74, 6) is 0. The molecule has 1 aromatic heterocycles. The van der Waals surface area contributed by atoms with Crippen LogP contribution < -0.4 is 9.60 Å². The minimum Gasteiger partial charge on any atom is -0.379 e. The van der Waals surface area contributed by atoms with E-state index in [2.05, 4.69) is 9.62 Å². The molecule has 166 valence electrons. The van der Waals surface area contributed by atoms with Crippen LogP contribution in [0.25, 0.3) is 10.2 Å². The number of fused-ring (bicyclic) bond motifs is 1. The zero-order valence-corrected chi connectivity index (χ0v) is 19.3. The number of sulfonamides is 1. The maximum Gasteiger partial charge on any atom is 0.308 e. The molecule has 31 heavy (non-hydrogen) atoms. The van der Waals surface area contributed by atoms with E-state index in [9.17, 15) is 13.2 Å².